The summed E-state index contributed by atoms with van der Waals surface area (Å²) in [5.41, 5.74) is 6.87. The quantitative estimate of drug-likeness (QED) is 0.794. The van der Waals surface area contributed by atoms with E-state index in [0.29, 0.717) is 29.3 Å². The maximum Gasteiger partial charge on any atom is 0.239 e. The van der Waals surface area contributed by atoms with Crippen LogP contribution in [0.3, 0.4) is 0 Å². The molecule has 0 radical (unpaired) electrons. The Bertz CT molecular complexity index is 618. The van der Waals surface area contributed by atoms with Gasteiger partial charge in [0.1, 0.15) is 6.04 Å². The van der Waals surface area contributed by atoms with E-state index in [1.54, 1.807) is 31.5 Å². The van der Waals surface area contributed by atoms with Crippen LogP contribution in [-0.4, -0.2) is 31.2 Å². The fourth-order valence-electron chi connectivity index (χ4n) is 2.06. The highest BCUT2D eigenvalue weighted by atomic mass is 35.5. The molecule has 1 aromatic carbocycles. The first-order valence-corrected chi connectivity index (χ1v) is 6.57. The molecule has 0 bridgehead atoms. The molecule has 106 valence electrons. The Morgan fingerprint density at radius 2 is 2.30 bits per heavy atom. The second-order valence-corrected chi connectivity index (χ2v) is 4.73. The Morgan fingerprint density at radius 1 is 1.50 bits per heavy atom. The second kappa shape index (κ2) is 6.65. The third-order valence-electron chi connectivity index (χ3n) is 3.00. The largest absolute Gasteiger partial charge is 0.383 e. The van der Waals surface area contributed by atoms with Crippen LogP contribution >= 0.6 is 11.6 Å². The number of ether oxygens (including phenoxy) is 1. The lowest BCUT2D eigenvalue weighted by Crippen LogP contribution is -2.35. The van der Waals surface area contributed by atoms with Gasteiger partial charge in [-0.2, -0.15) is 0 Å². The molecule has 6 heteroatoms. The van der Waals surface area contributed by atoms with Gasteiger partial charge in [0.2, 0.25) is 5.91 Å². The molecule has 0 saturated heterocycles. The van der Waals surface area contributed by atoms with Crippen LogP contribution < -0.4 is 11.1 Å². The maximum absolute atomic E-state index is 11.7. The number of primary amides is 1. The van der Waals surface area contributed by atoms with Crippen LogP contribution in [0, 0.1) is 0 Å². The molecule has 5 nitrogen and oxygen atoms in total. The number of carbonyl (C=O) groups excluding carboxylic acids is 1. The minimum Gasteiger partial charge on any atom is -0.383 e. The van der Waals surface area contributed by atoms with Gasteiger partial charge in [-0.3, -0.25) is 15.1 Å². The molecule has 0 spiro atoms. The van der Waals surface area contributed by atoms with Crippen molar-refractivity contribution in [1.29, 1.82) is 0 Å². The molecule has 0 fully saturated rings. The molecule has 0 aliphatic rings. The summed E-state index contributed by atoms with van der Waals surface area (Å²) >= 11 is 6.14. The summed E-state index contributed by atoms with van der Waals surface area (Å²) < 4.78 is 4.96. The summed E-state index contributed by atoms with van der Waals surface area (Å²) in [5.74, 6) is -0.463. The third kappa shape index (κ3) is 3.07. The third-order valence-corrected chi connectivity index (χ3v) is 3.33. The number of nitrogens with one attached hydrogen (secondary N) is 1. The summed E-state index contributed by atoms with van der Waals surface area (Å²) in [6.07, 6.45) is 1.66. The van der Waals surface area contributed by atoms with Gasteiger partial charge in [0.25, 0.3) is 0 Å². The van der Waals surface area contributed by atoms with Gasteiger partial charge in [-0.15, -0.1) is 0 Å². The number of halogens is 1. The number of carbonyl (C=O) groups is 1. The number of hydrogen-bond donors (Lipinski definition) is 2. The van der Waals surface area contributed by atoms with Gasteiger partial charge in [-0.05, 0) is 18.2 Å². The Morgan fingerprint density at radius 3 is 3.00 bits per heavy atom. The van der Waals surface area contributed by atoms with Crippen molar-refractivity contribution in [2.24, 2.45) is 5.73 Å². The molecule has 0 aliphatic heterocycles. The summed E-state index contributed by atoms with van der Waals surface area (Å²) in [7, 11) is 1.60. The average molecular weight is 294 g/mol. The van der Waals surface area contributed by atoms with Crippen LogP contribution in [0.15, 0.2) is 30.5 Å². The summed E-state index contributed by atoms with van der Waals surface area (Å²) in [4.78, 5) is 16.0. The molecule has 1 heterocycles. The van der Waals surface area contributed by atoms with Gasteiger partial charge in [-0.25, -0.2) is 0 Å². The number of pyridine rings is 1. The highest BCUT2D eigenvalue weighted by Crippen LogP contribution is 2.28. The fraction of sp³-hybridized carbons (Fsp3) is 0.286. The van der Waals surface area contributed by atoms with Crippen molar-refractivity contribution < 1.29 is 9.53 Å². The lowest BCUT2D eigenvalue weighted by molar-refractivity contribution is -0.120. The van der Waals surface area contributed by atoms with E-state index in [9.17, 15) is 4.79 Å². The normalized spacial score (nSPS) is 12.5. The number of nitrogens with zero attached hydrogens (tertiary/aromatic N) is 1. The lowest BCUT2D eigenvalue weighted by Gasteiger charge is -2.17. The predicted octanol–water partition coefficient (Wildman–Crippen LogP) is 1.65. The number of rotatable bonds is 6. The second-order valence-electron chi connectivity index (χ2n) is 4.32. The summed E-state index contributed by atoms with van der Waals surface area (Å²) in [5, 5.41) is 4.46. The van der Waals surface area contributed by atoms with E-state index in [-0.39, 0.29) is 0 Å². The minimum atomic E-state index is -0.625. The van der Waals surface area contributed by atoms with Crippen LogP contribution in [0.25, 0.3) is 10.9 Å². The number of aromatic nitrogens is 1. The Hall–Kier alpha value is -1.69. The van der Waals surface area contributed by atoms with E-state index in [4.69, 9.17) is 22.1 Å². The van der Waals surface area contributed by atoms with Crippen LogP contribution in [0.5, 0.6) is 0 Å². The maximum atomic E-state index is 11.7. The number of benzene rings is 1. The fourth-order valence-corrected chi connectivity index (χ4v) is 2.28. The van der Waals surface area contributed by atoms with Gasteiger partial charge in [0.05, 0.1) is 12.1 Å². The molecule has 2 rings (SSSR count). The number of hydrogen-bond acceptors (Lipinski definition) is 4. The molecule has 2 aromatic rings. The molecule has 0 aliphatic carbocycles. The molecule has 3 N–H and O–H groups in total. The highest BCUT2D eigenvalue weighted by molar-refractivity contribution is 6.35. The van der Waals surface area contributed by atoms with E-state index in [1.165, 1.54) is 0 Å². The summed E-state index contributed by atoms with van der Waals surface area (Å²) in [6, 6.07) is 6.55. The first-order chi connectivity index (χ1) is 9.65. The number of methoxy groups -OCH3 is 1. The van der Waals surface area contributed by atoms with Crippen LogP contribution in [0.4, 0.5) is 0 Å². The van der Waals surface area contributed by atoms with E-state index in [0.717, 1.165) is 5.39 Å². The number of amides is 1. The summed E-state index contributed by atoms with van der Waals surface area (Å²) in [6.45, 7) is 1.00. The average Bonchev–Trinajstić information content (AvgIpc) is 2.45. The van der Waals surface area contributed by atoms with E-state index >= 15 is 0 Å². The molecule has 0 saturated carbocycles. The van der Waals surface area contributed by atoms with E-state index in [1.807, 2.05) is 6.07 Å². The van der Waals surface area contributed by atoms with Crippen molar-refractivity contribution in [3.05, 3.63) is 41.0 Å². The zero-order valence-corrected chi connectivity index (χ0v) is 11.9. The zero-order valence-electron chi connectivity index (χ0n) is 11.1. The monoisotopic (exact) mass is 293 g/mol. The van der Waals surface area contributed by atoms with Crippen molar-refractivity contribution in [3.63, 3.8) is 0 Å². The Labute approximate surface area is 122 Å². The van der Waals surface area contributed by atoms with Crippen LogP contribution in [0.2, 0.25) is 5.02 Å². The van der Waals surface area contributed by atoms with E-state index in [2.05, 4.69) is 10.3 Å². The van der Waals surface area contributed by atoms with Crippen LogP contribution in [-0.2, 0) is 9.53 Å². The molecule has 1 atom stereocenters. The van der Waals surface area contributed by atoms with Crippen molar-refractivity contribution in [3.8, 4) is 0 Å². The van der Waals surface area contributed by atoms with Crippen molar-refractivity contribution in [2.75, 3.05) is 20.3 Å². The van der Waals surface area contributed by atoms with Crippen LogP contribution in [0.1, 0.15) is 11.6 Å². The van der Waals surface area contributed by atoms with Gasteiger partial charge >= 0.3 is 0 Å². The molecule has 1 aromatic heterocycles. The number of nitrogens with two attached hydrogens (primary N) is 1. The highest BCUT2D eigenvalue weighted by Gasteiger charge is 2.20. The minimum absolute atomic E-state index is 0.463. The predicted molar refractivity (Wildman–Crippen MR) is 78.6 cm³/mol. The Balaban J connectivity index is 2.43. The molecule has 1 unspecified atom stereocenters. The molecular weight excluding hydrogens is 278 g/mol. The van der Waals surface area contributed by atoms with Gasteiger partial charge in [0.15, 0.2) is 0 Å². The smallest absolute Gasteiger partial charge is 0.239 e. The standard InChI is InChI=1S/C14H16ClN3O2/c1-20-8-7-18-13(14(16)19)10-4-5-11(15)9-3-2-6-17-12(9)10/h2-6,13,18H,7-8H2,1H3,(H2,16,19). The number of fused-ring (bicyclic) bond motifs is 1. The Kier molecular flexibility index (Phi) is 4.89. The zero-order chi connectivity index (χ0) is 14.5. The van der Waals surface area contributed by atoms with Crippen molar-refractivity contribution >= 4 is 28.4 Å². The SMILES string of the molecule is COCCNC(C(N)=O)c1ccc(Cl)c2cccnc12. The van der Waals surface area contributed by atoms with Crippen molar-refractivity contribution in [2.45, 2.75) is 6.04 Å². The van der Waals surface area contributed by atoms with Crippen molar-refractivity contribution in [1.82, 2.24) is 10.3 Å². The van der Waals surface area contributed by atoms with E-state index < -0.39 is 11.9 Å². The molecular formula is C14H16ClN3O2. The lowest BCUT2D eigenvalue weighted by atomic mass is 10.0. The van der Waals surface area contributed by atoms with Gasteiger partial charge < -0.3 is 10.5 Å². The topological polar surface area (TPSA) is 77.2 Å². The molecule has 20 heavy (non-hydrogen) atoms. The first-order valence-electron chi connectivity index (χ1n) is 6.20. The van der Waals surface area contributed by atoms with Gasteiger partial charge in [-0.1, -0.05) is 17.7 Å². The molecule has 1 amide bonds. The first kappa shape index (κ1) is 14.7. The van der Waals surface area contributed by atoms with Gasteiger partial charge in [0, 0.05) is 35.8 Å².